The molecule has 1 radical (unpaired) electrons. The first-order valence-electron chi connectivity index (χ1n) is 3.46. The Hall–Kier alpha value is -0.721. The van der Waals surface area contributed by atoms with Crippen LogP contribution in [0.2, 0.25) is 0 Å². The van der Waals surface area contributed by atoms with Crippen LogP contribution in [0.5, 0.6) is 0 Å². The topological polar surface area (TPSA) is 12.0 Å². The standard InChI is InChI=1S/C9H9N.Cu/c1-2-6-9-8(4-1)5-3-7-10-9;/h1-6,10H,7H2;. The summed E-state index contributed by atoms with van der Waals surface area (Å²) < 4.78 is 0. The van der Waals surface area contributed by atoms with E-state index in [1.54, 1.807) is 0 Å². The summed E-state index contributed by atoms with van der Waals surface area (Å²) >= 11 is 0. The van der Waals surface area contributed by atoms with Crippen LogP contribution in [-0.2, 0) is 17.1 Å². The van der Waals surface area contributed by atoms with Gasteiger partial charge in [0.25, 0.3) is 0 Å². The summed E-state index contributed by atoms with van der Waals surface area (Å²) in [7, 11) is 0. The fourth-order valence-corrected chi connectivity index (χ4v) is 1.16. The van der Waals surface area contributed by atoms with Crippen LogP contribution in [0.15, 0.2) is 30.3 Å². The molecule has 0 saturated carbocycles. The molecule has 2 heteroatoms. The molecule has 0 bridgehead atoms. The van der Waals surface area contributed by atoms with Gasteiger partial charge in [-0.1, -0.05) is 30.4 Å². The SMILES string of the molecule is C1=Cc2ccccc2NC1.[Cu]. The predicted octanol–water partition coefficient (Wildman–Crippen LogP) is 2.12. The van der Waals surface area contributed by atoms with E-state index in [0.29, 0.717) is 0 Å². The molecule has 0 atom stereocenters. The van der Waals surface area contributed by atoms with Crippen molar-refractivity contribution in [2.75, 3.05) is 11.9 Å². The molecule has 1 N–H and O–H groups in total. The minimum atomic E-state index is 0. The molecule has 2 rings (SSSR count). The second-order valence-corrected chi connectivity index (χ2v) is 2.37. The molecule has 0 saturated heterocycles. The molecule has 0 aliphatic carbocycles. The van der Waals surface area contributed by atoms with Gasteiger partial charge in [0, 0.05) is 29.3 Å². The molecular weight excluding hydrogens is 186 g/mol. The zero-order valence-corrected chi connectivity index (χ0v) is 6.91. The van der Waals surface area contributed by atoms with Crippen molar-refractivity contribution in [3.8, 4) is 0 Å². The second-order valence-electron chi connectivity index (χ2n) is 2.37. The molecule has 61 valence electrons. The number of anilines is 1. The van der Waals surface area contributed by atoms with Crippen molar-refractivity contribution < 1.29 is 17.1 Å². The molecule has 1 aromatic carbocycles. The smallest absolute Gasteiger partial charge is 0.0416 e. The maximum atomic E-state index is 3.28. The number of hydrogen-bond donors (Lipinski definition) is 1. The van der Waals surface area contributed by atoms with Crippen molar-refractivity contribution in [3.05, 3.63) is 35.9 Å². The van der Waals surface area contributed by atoms with Crippen LogP contribution in [0.4, 0.5) is 5.69 Å². The summed E-state index contributed by atoms with van der Waals surface area (Å²) in [6.07, 6.45) is 4.27. The van der Waals surface area contributed by atoms with E-state index in [9.17, 15) is 0 Å². The van der Waals surface area contributed by atoms with Crippen LogP contribution in [0.1, 0.15) is 5.56 Å². The average molecular weight is 195 g/mol. The first-order chi connectivity index (χ1) is 4.97. The molecule has 0 unspecified atom stereocenters. The van der Waals surface area contributed by atoms with E-state index in [2.05, 4.69) is 35.7 Å². The summed E-state index contributed by atoms with van der Waals surface area (Å²) in [5, 5.41) is 3.28. The molecule has 0 fully saturated rings. The third-order valence-corrected chi connectivity index (χ3v) is 1.67. The fourth-order valence-electron chi connectivity index (χ4n) is 1.16. The van der Waals surface area contributed by atoms with Crippen molar-refractivity contribution in [2.45, 2.75) is 0 Å². The van der Waals surface area contributed by atoms with Gasteiger partial charge in [0.1, 0.15) is 0 Å². The Kier molecular flexibility index (Phi) is 2.75. The molecular formula is C9H9CuN. The monoisotopic (exact) mass is 194 g/mol. The Morgan fingerprint density at radius 3 is 2.82 bits per heavy atom. The van der Waals surface area contributed by atoms with E-state index in [1.807, 2.05) is 6.07 Å². The van der Waals surface area contributed by atoms with Crippen LogP contribution in [0.3, 0.4) is 0 Å². The summed E-state index contributed by atoms with van der Waals surface area (Å²) in [5.74, 6) is 0. The average Bonchev–Trinajstić information content (AvgIpc) is 2.05. The summed E-state index contributed by atoms with van der Waals surface area (Å²) in [4.78, 5) is 0. The minimum Gasteiger partial charge on any atom is -0.381 e. The quantitative estimate of drug-likeness (QED) is 0.624. The van der Waals surface area contributed by atoms with Crippen LogP contribution in [0.25, 0.3) is 6.08 Å². The third kappa shape index (κ3) is 1.65. The van der Waals surface area contributed by atoms with Crippen molar-refractivity contribution in [1.29, 1.82) is 0 Å². The Morgan fingerprint density at radius 2 is 2.00 bits per heavy atom. The van der Waals surface area contributed by atoms with Gasteiger partial charge in [-0.2, -0.15) is 0 Å². The van der Waals surface area contributed by atoms with E-state index in [-0.39, 0.29) is 17.1 Å². The van der Waals surface area contributed by atoms with Gasteiger partial charge < -0.3 is 5.32 Å². The van der Waals surface area contributed by atoms with Gasteiger partial charge in [0.2, 0.25) is 0 Å². The molecule has 1 aliphatic rings. The largest absolute Gasteiger partial charge is 0.381 e. The zero-order valence-electron chi connectivity index (χ0n) is 5.97. The molecule has 1 aliphatic heterocycles. The third-order valence-electron chi connectivity index (χ3n) is 1.67. The Balaban J connectivity index is 0.000000605. The van der Waals surface area contributed by atoms with Crippen molar-refractivity contribution in [2.24, 2.45) is 0 Å². The normalized spacial score (nSPS) is 12.7. The van der Waals surface area contributed by atoms with Crippen LogP contribution in [-0.4, -0.2) is 6.54 Å². The molecule has 1 heterocycles. The second kappa shape index (κ2) is 3.61. The van der Waals surface area contributed by atoms with E-state index in [1.165, 1.54) is 11.3 Å². The zero-order chi connectivity index (χ0) is 6.81. The summed E-state index contributed by atoms with van der Waals surface area (Å²) in [5.41, 5.74) is 2.53. The van der Waals surface area contributed by atoms with Gasteiger partial charge in [-0.3, -0.25) is 0 Å². The number of nitrogens with one attached hydrogen (secondary N) is 1. The van der Waals surface area contributed by atoms with Gasteiger partial charge in [-0.05, 0) is 11.6 Å². The molecule has 0 spiro atoms. The predicted molar refractivity (Wildman–Crippen MR) is 44.0 cm³/mol. The van der Waals surface area contributed by atoms with Crippen molar-refractivity contribution in [1.82, 2.24) is 0 Å². The van der Waals surface area contributed by atoms with Crippen molar-refractivity contribution in [3.63, 3.8) is 0 Å². The first-order valence-corrected chi connectivity index (χ1v) is 3.46. The molecule has 0 amide bonds. The van der Waals surface area contributed by atoms with E-state index in [0.717, 1.165) is 6.54 Å². The number of para-hydroxylation sites is 1. The van der Waals surface area contributed by atoms with Crippen molar-refractivity contribution >= 4 is 11.8 Å². The van der Waals surface area contributed by atoms with Crippen LogP contribution >= 0.6 is 0 Å². The van der Waals surface area contributed by atoms with Gasteiger partial charge in [0.15, 0.2) is 0 Å². The minimum absolute atomic E-state index is 0. The summed E-state index contributed by atoms with van der Waals surface area (Å²) in [6.45, 7) is 0.955. The Labute approximate surface area is 77.0 Å². The van der Waals surface area contributed by atoms with E-state index in [4.69, 9.17) is 0 Å². The Morgan fingerprint density at radius 1 is 1.18 bits per heavy atom. The molecule has 1 nitrogen and oxygen atoms in total. The van der Waals surface area contributed by atoms with E-state index < -0.39 is 0 Å². The van der Waals surface area contributed by atoms with E-state index >= 15 is 0 Å². The van der Waals surface area contributed by atoms with Gasteiger partial charge >= 0.3 is 0 Å². The van der Waals surface area contributed by atoms with Gasteiger partial charge in [-0.25, -0.2) is 0 Å². The number of fused-ring (bicyclic) bond motifs is 1. The first kappa shape index (κ1) is 8.38. The number of benzene rings is 1. The van der Waals surface area contributed by atoms with Gasteiger partial charge in [-0.15, -0.1) is 0 Å². The number of hydrogen-bond acceptors (Lipinski definition) is 1. The molecule has 11 heavy (non-hydrogen) atoms. The fraction of sp³-hybridized carbons (Fsp3) is 0.111. The molecule has 0 aromatic heterocycles. The van der Waals surface area contributed by atoms with Crippen LogP contribution in [0, 0.1) is 0 Å². The van der Waals surface area contributed by atoms with Gasteiger partial charge in [0.05, 0.1) is 0 Å². The van der Waals surface area contributed by atoms with Crippen LogP contribution < -0.4 is 5.32 Å². The Bertz CT molecular complexity index is 268. The maximum absolute atomic E-state index is 3.28. The summed E-state index contributed by atoms with van der Waals surface area (Å²) in [6, 6.07) is 8.30. The molecule has 1 aromatic rings. The maximum Gasteiger partial charge on any atom is 0.0416 e. The number of rotatable bonds is 0.